The fourth-order valence-corrected chi connectivity index (χ4v) is 4.38. The third-order valence-corrected chi connectivity index (χ3v) is 6.56. The molecule has 35 heavy (non-hydrogen) atoms. The predicted molar refractivity (Wildman–Crippen MR) is 134 cm³/mol. The first-order valence-corrected chi connectivity index (χ1v) is 13.3. The Morgan fingerprint density at radius 3 is 2.29 bits per heavy atom. The average molecular weight is 503 g/mol. The van der Waals surface area contributed by atoms with Gasteiger partial charge in [0.05, 0.1) is 18.1 Å². The van der Waals surface area contributed by atoms with E-state index in [1.165, 1.54) is 0 Å². The van der Waals surface area contributed by atoms with Gasteiger partial charge in [-0.3, -0.25) is 25.2 Å². The number of benzene rings is 1. The van der Waals surface area contributed by atoms with E-state index in [1.807, 2.05) is 50.3 Å². The van der Waals surface area contributed by atoms with Crippen molar-refractivity contribution < 1.29 is 23.2 Å². The first kappa shape index (κ1) is 28.2. The summed E-state index contributed by atoms with van der Waals surface area (Å²) in [5, 5.41) is 9.34. The van der Waals surface area contributed by atoms with Crippen LogP contribution >= 0.6 is 0 Å². The van der Waals surface area contributed by atoms with Crippen LogP contribution in [0.5, 0.6) is 0 Å². The van der Waals surface area contributed by atoms with Crippen LogP contribution in [0.15, 0.2) is 60.9 Å². The lowest BCUT2D eigenvalue weighted by Gasteiger charge is -2.28. The first-order chi connectivity index (χ1) is 16.6. The number of sulfonamides is 1. The lowest BCUT2D eigenvalue weighted by Crippen LogP contribution is -2.51. The molecule has 0 aliphatic rings. The summed E-state index contributed by atoms with van der Waals surface area (Å²) in [5.41, 5.74) is 5.96. The predicted octanol–water partition coefficient (Wildman–Crippen LogP) is 2.80. The molecule has 0 bridgehead atoms. The van der Waals surface area contributed by atoms with E-state index in [4.69, 9.17) is 0 Å². The van der Waals surface area contributed by atoms with Gasteiger partial charge in [-0.2, -0.15) is 0 Å². The van der Waals surface area contributed by atoms with Gasteiger partial charge in [-0.05, 0) is 48.4 Å². The number of pyridine rings is 1. The third-order valence-electron chi connectivity index (χ3n) is 5.48. The molecule has 2 amide bonds. The van der Waals surface area contributed by atoms with Crippen molar-refractivity contribution in [3.05, 3.63) is 72.1 Å². The maximum Gasteiger partial charge on any atom is 0.247 e. The van der Waals surface area contributed by atoms with Crippen LogP contribution in [0.3, 0.4) is 0 Å². The van der Waals surface area contributed by atoms with Crippen LogP contribution in [0.2, 0.25) is 0 Å². The van der Waals surface area contributed by atoms with Crippen LogP contribution in [0.4, 0.5) is 0 Å². The topological polar surface area (TPSA) is 129 Å². The molecule has 3 N–H and O–H groups in total. The van der Waals surface area contributed by atoms with Crippen molar-refractivity contribution >= 4 is 27.9 Å². The third kappa shape index (κ3) is 9.59. The molecule has 2 rings (SSSR count). The minimum absolute atomic E-state index is 0.0216. The van der Waals surface area contributed by atoms with E-state index >= 15 is 0 Å². The van der Waals surface area contributed by atoms with Gasteiger partial charge in [0.15, 0.2) is 0 Å². The van der Waals surface area contributed by atoms with Gasteiger partial charge in [0.25, 0.3) is 0 Å². The second kappa shape index (κ2) is 13.7. The van der Waals surface area contributed by atoms with E-state index in [0.29, 0.717) is 12.8 Å². The van der Waals surface area contributed by atoms with Crippen molar-refractivity contribution in [3.8, 4) is 0 Å². The fourth-order valence-electron chi connectivity index (χ4n) is 3.70. The van der Waals surface area contributed by atoms with Crippen LogP contribution < -0.4 is 10.9 Å². The zero-order chi connectivity index (χ0) is 25.8. The maximum atomic E-state index is 13.3. The molecule has 0 radical (unpaired) electrons. The fraction of sp³-hybridized carbons (Fsp3) is 0.400. The Hall–Kier alpha value is -3.08. The lowest BCUT2D eigenvalue weighted by atomic mass is 9.82. The van der Waals surface area contributed by atoms with Gasteiger partial charge in [0.2, 0.25) is 21.8 Å². The molecule has 0 aliphatic carbocycles. The Bertz CT molecular complexity index is 1080. The summed E-state index contributed by atoms with van der Waals surface area (Å²) in [6, 6.07) is 13.0. The summed E-state index contributed by atoms with van der Waals surface area (Å²) in [5.74, 6) is -3.02. The summed E-state index contributed by atoms with van der Waals surface area (Å²) in [7, 11) is -3.77. The van der Waals surface area contributed by atoms with E-state index in [9.17, 15) is 23.2 Å². The van der Waals surface area contributed by atoms with Crippen molar-refractivity contribution in [3.63, 3.8) is 0 Å². The molecular formula is C25H34N4O5S. The second-order valence-corrected chi connectivity index (χ2v) is 10.7. The normalized spacial score (nSPS) is 13.7. The van der Waals surface area contributed by atoms with Crippen molar-refractivity contribution in [2.75, 3.05) is 12.8 Å². The van der Waals surface area contributed by atoms with Crippen molar-refractivity contribution in [2.45, 2.75) is 33.1 Å². The molecule has 0 unspecified atom stereocenters. The van der Waals surface area contributed by atoms with Gasteiger partial charge in [-0.1, -0.05) is 56.3 Å². The molecule has 1 heterocycles. The summed E-state index contributed by atoms with van der Waals surface area (Å²) < 4.78 is 25.7. The van der Waals surface area contributed by atoms with Gasteiger partial charge in [-0.25, -0.2) is 13.9 Å². The van der Waals surface area contributed by atoms with E-state index in [2.05, 4.69) is 10.4 Å². The van der Waals surface area contributed by atoms with E-state index in [-0.39, 0.29) is 18.9 Å². The second-order valence-electron chi connectivity index (χ2n) is 8.78. The van der Waals surface area contributed by atoms with Crippen molar-refractivity contribution in [1.82, 2.24) is 20.3 Å². The monoisotopic (exact) mass is 502 g/mol. The molecule has 0 fully saturated rings. The number of amides is 2. The first-order valence-electron chi connectivity index (χ1n) is 11.4. The number of hydrogen-bond acceptors (Lipinski definition) is 6. The Kier molecular flexibility index (Phi) is 11.0. The zero-order valence-corrected chi connectivity index (χ0v) is 21.1. The highest BCUT2D eigenvalue weighted by atomic mass is 32.2. The number of rotatable bonds is 13. The number of allylic oxidation sites excluding steroid dienone is 1. The molecule has 0 spiro atoms. The van der Waals surface area contributed by atoms with Crippen molar-refractivity contribution in [2.24, 2.45) is 17.8 Å². The number of hydroxylamine groups is 1. The van der Waals surface area contributed by atoms with Gasteiger partial charge in [0.1, 0.15) is 0 Å². The number of carbonyl (C=O) groups excluding carboxylic acids is 2. The molecule has 0 saturated heterocycles. The number of hydrazine groups is 1. The van der Waals surface area contributed by atoms with Gasteiger partial charge >= 0.3 is 0 Å². The number of aromatic nitrogens is 1. The highest BCUT2D eigenvalue weighted by Gasteiger charge is 2.35. The van der Waals surface area contributed by atoms with Crippen LogP contribution in [0.25, 0.3) is 6.08 Å². The smallest absolute Gasteiger partial charge is 0.247 e. The number of carbonyl (C=O) groups is 2. The van der Waals surface area contributed by atoms with Crippen molar-refractivity contribution in [1.29, 1.82) is 0 Å². The molecule has 10 heteroatoms. The molecule has 0 saturated carbocycles. The zero-order valence-electron chi connectivity index (χ0n) is 20.3. The van der Waals surface area contributed by atoms with Gasteiger partial charge in [0, 0.05) is 18.9 Å². The van der Waals surface area contributed by atoms with Crippen LogP contribution in [0, 0.1) is 17.8 Å². The average Bonchev–Trinajstić information content (AvgIpc) is 2.83. The van der Waals surface area contributed by atoms with Crippen LogP contribution in [-0.2, 0) is 26.0 Å². The Balaban J connectivity index is 2.23. The Morgan fingerprint density at radius 1 is 1.06 bits per heavy atom. The van der Waals surface area contributed by atoms with Gasteiger partial charge < -0.3 is 0 Å². The largest absolute Gasteiger partial charge is 0.289 e. The summed E-state index contributed by atoms with van der Waals surface area (Å²) in [6.07, 6.45) is 8.71. The molecule has 9 nitrogen and oxygen atoms in total. The Labute approximate surface area is 207 Å². The van der Waals surface area contributed by atoms with E-state index in [1.54, 1.807) is 36.1 Å². The molecule has 2 atom stereocenters. The minimum Gasteiger partial charge on any atom is -0.289 e. The SMILES string of the molecule is CC(C)C[C@@H](C(=O)NN(CCc1ccncc1)S(C)(=O)=O)[C@H](CC=Cc1ccccc1)C(=O)NO. The lowest BCUT2D eigenvalue weighted by molar-refractivity contribution is -0.141. The van der Waals surface area contributed by atoms with Gasteiger partial charge in [-0.15, -0.1) is 4.41 Å². The summed E-state index contributed by atoms with van der Waals surface area (Å²) >= 11 is 0. The Morgan fingerprint density at radius 2 is 1.71 bits per heavy atom. The highest BCUT2D eigenvalue weighted by Crippen LogP contribution is 2.26. The number of hydrogen-bond donors (Lipinski definition) is 3. The number of nitrogens with one attached hydrogen (secondary N) is 2. The molecule has 190 valence electrons. The standard InChI is InChI=1S/C25H34N4O5S/c1-19(2)18-23(22(25(31)28-32)11-7-10-20-8-5-4-6-9-20)24(30)27-29(35(3,33)34)17-14-21-12-15-26-16-13-21/h4-10,12-13,15-16,19,22-23,32H,11,14,17-18H2,1-3H3,(H,27,30)(H,28,31)/t22-,23+/m0/s1. The quantitative estimate of drug-likeness (QED) is 0.285. The molecule has 2 aromatic rings. The molecule has 1 aromatic heterocycles. The maximum absolute atomic E-state index is 13.3. The summed E-state index contributed by atoms with van der Waals surface area (Å²) in [4.78, 5) is 29.8. The number of nitrogens with zero attached hydrogens (tertiary/aromatic N) is 2. The van der Waals surface area contributed by atoms with E-state index < -0.39 is 33.7 Å². The molecule has 1 aromatic carbocycles. The van der Waals surface area contributed by atoms with Crippen LogP contribution in [0.1, 0.15) is 37.8 Å². The molecular weight excluding hydrogens is 468 g/mol. The minimum atomic E-state index is -3.77. The summed E-state index contributed by atoms with van der Waals surface area (Å²) in [6.45, 7) is 3.84. The van der Waals surface area contributed by atoms with Crippen LogP contribution in [-0.4, -0.2) is 47.6 Å². The van der Waals surface area contributed by atoms with E-state index in [0.717, 1.165) is 21.8 Å². The highest BCUT2D eigenvalue weighted by molar-refractivity contribution is 7.88. The molecule has 0 aliphatic heterocycles.